The minimum absolute atomic E-state index is 0.182. The SMILES string of the molecule is O=c1c2ccc(Cl)cc2nc(SCc2ccc(Cl)cc2Cl)n1-c1ccc(Cl)cc1. The Labute approximate surface area is 191 Å². The summed E-state index contributed by atoms with van der Waals surface area (Å²) in [7, 11) is 0. The van der Waals surface area contributed by atoms with Gasteiger partial charge in [0.1, 0.15) is 0 Å². The van der Waals surface area contributed by atoms with E-state index >= 15 is 0 Å². The fourth-order valence-corrected chi connectivity index (χ4v) is 4.70. The van der Waals surface area contributed by atoms with Crippen molar-refractivity contribution in [3.63, 3.8) is 0 Å². The molecule has 3 nitrogen and oxygen atoms in total. The van der Waals surface area contributed by atoms with Gasteiger partial charge in [0.05, 0.1) is 16.6 Å². The van der Waals surface area contributed by atoms with Crippen LogP contribution in [0.4, 0.5) is 0 Å². The number of benzene rings is 3. The van der Waals surface area contributed by atoms with E-state index < -0.39 is 0 Å². The van der Waals surface area contributed by atoms with Crippen molar-refractivity contribution < 1.29 is 0 Å². The molecule has 0 radical (unpaired) electrons. The van der Waals surface area contributed by atoms with Gasteiger partial charge in [-0.05, 0) is 60.2 Å². The van der Waals surface area contributed by atoms with Gasteiger partial charge < -0.3 is 0 Å². The van der Waals surface area contributed by atoms with Gasteiger partial charge in [-0.1, -0.05) is 64.2 Å². The Bertz CT molecular complexity index is 1270. The van der Waals surface area contributed by atoms with Gasteiger partial charge in [0.2, 0.25) is 0 Å². The van der Waals surface area contributed by atoms with Crippen LogP contribution >= 0.6 is 58.2 Å². The summed E-state index contributed by atoms with van der Waals surface area (Å²) in [4.78, 5) is 18.0. The second-order valence-electron chi connectivity index (χ2n) is 6.20. The maximum absolute atomic E-state index is 13.3. The standard InChI is InChI=1S/C21H12Cl4N2OS/c22-13-3-6-16(7-4-13)27-20(28)17-8-5-15(24)10-19(17)26-21(27)29-11-12-1-2-14(23)9-18(12)25/h1-10H,11H2. The number of nitrogens with zero attached hydrogens (tertiary/aromatic N) is 2. The highest BCUT2D eigenvalue weighted by atomic mass is 35.5. The van der Waals surface area contributed by atoms with Gasteiger partial charge in [-0.3, -0.25) is 9.36 Å². The van der Waals surface area contributed by atoms with Gasteiger partial charge in [0.25, 0.3) is 5.56 Å². The van der Waals surface area contributed by atoms with E-state index in [4.69, 9.17) is 51.4 Å². The first-order chi connectivity index (χ1) is 13.9. The third kappa shape index (κ3) is 4.42. The number of fused-ring (bicyclic) bond motifs is 1. The molecule has 0 aliphatic carbocycles. The zero-order chi connectivity index (χ0) is 20.5. The van der Waals surface area contributed by atoms with Crippen LogP contribution in [-0.4, -0.2) is 9.55 Å². The van der Waals surface area contributed by atoms with E-state index in [9.17, 15) is 4.79 Å². The molecule has 4 rings (SSSR count). The van der Waals surface area contributed by atoms with Crippen molar-refractivity contribution in [2.75, 3.05) is 0 Å². The predicted molar refractivity (Wildman–Crippen MR) is 123 cm³/mol. The van der Waals surface area contributed by atoms with E-state index in [1.807, 2.05) is 6.07 Å². The first kappa shape index (κ1) is 20.6. The number of rotatable bonds is 4. The average molecular weight is 482 g/mol. The summed E-state index contributed by atoms with van der Waals surface area (Å²) in [5, 5.41) is 3.25. The lowest BCUT2D eigenvalue weighted by molar-refractivity contribution is 0.819. The number of halogens is 4. The first-order valence-corrected chi connectivity index (χ1v) is 11.0. The maximum atomic E-state index is 13.3. The summed E-state index contributed by atoms with van der Waals surface area (Å²) in [6.45, 7) is 0. The molecule has 0 N–H and O–H groups in total. The number of thioether (sulfide) groups is 1. The summed E-state index contributed by atoms with van der Waals surface area (Å²) in [5.41, 5.74) is 1.92. The fraction of sp³-hybridized carbons (Fsp3) is 0.0476. The van der Waals surface area contributed by atoms with Crippen molar-refractivity contribution in [2.45, 2.75) is 10.9 Å². The Morgan fingerprint density at radius 1 is 0.828 bits per heavy atom. The molecule has 3 aromatic carbocycles. The van der Waals surface area contributed by atoms with Gasteiger partial charge >= 0.3 is 0 Å². The second-order valence-corrected chi connectivity index (χ2v) is 8.86. The quantitative estimate of drug-likeness (QED) is 0.226. The van der Waals surface area contributed by atoms with Crippen molar-refractivity contribution in [3.8, 4) is 5.69 Å². The van der Waals surface area contributed by atoms with Crippen molar-refractivity contribution in [1.82, 2.24) is 9.55 Å². The highest BCUT2D eigenvalue weighted by Crippen LogP contribution is 2.30. The van der Waals surface area contributed by atoms with E-state index in [0.29, 0.717) is 47.6 Å². The molecule has 4 aromatic rings. The van der Waals surface area contributed by atoms with Gasteiger partial charge in [0.15, 0.2) is 5.16 Å². The van der Waals surface area contributed by atoms with Gasteiger partial charge in [0, 0.05) is 25.8 Å². The van der Waals surface area contributed by atoms with Crippen LogP contribution in [0.3, 0.4) is 0 Å². The highest BCUT2D eigenvalue weighted by Gasteiger charge is 2.15. The van der Waals surface area contributed by atoms with E-state index in [1.54, 1.807) is 59.2 Å². The van der Waals surface area contributed by atoms with Gasteiger partial charge in [-0.25, -0.2) is 4.98 Å². The monoisotopic (exact) mass is 480 g/mol. The lowest BCUT2D eigenvalue weighted by Crippen LogP contribution is -2.21. The molecule has 29 heavy (non-hydrogen) atoms. The smallest absolute Gasteiger partial charge is 0.266 e. The Kier molecular flexibility index (Phi) is 6.09. The van der Waals surface area contributed by atoms with E-state index in [-0.39, 0.29) is 5.56 Å². The average Bonchev–Trinajstić information content (AvgIpc) is 2.68. The molecule has 0 fully saturated rings. The minimum Gasteiger partial charge on any atom is -0.268 e. The third-order valence-electron chi connectivity index (χ3n) is 4.26. The van der Waals surface area contributed by atoms with Crippen LogP contribution in [0.5, 0.6) is 0 Å². The molecule has 0 saturated carbocycles. The van der Waals surface area contributed by atoms with E-state index in [0.717, 1.165) is 5.56 Å². The lowest BCUT2D eigenvalue weighted by atomic mass is 10.2. The molecule has 0 aliphatic rings. The molecule has 8 heteroatoms. The molecular formula is C21H12Cl4N2OS. The summed E-state index contributed by atoms with van der Waals surface area (Å²) >= 11 is 25.8. The van der Waals surface area contributed by atoms with Crippen molar-refractivity contribution in [2.24, 2.45) is 0 Å². The molecule has 0 unspecified atom stereocenters. The number of hydrogen-bond donors (Lipinski definition) is 0. The van der Waals surface area contributed by atoms with Crippen LogP contribution < -0.4 is 5.56 Å². The molecule has 0 atom stereocenters. The highest BCUT2D eigenvalue weighted by molar-refractivity contribution is 7.98. The lowest BCUT2D eigenvalue weighted by Gasteiger charge is -2.14. The largest absolute Gasteiger partial charge is 0.268 e. The predicted octanol–water partition coefficient (Wildman–Crippen LogP) is 7.29. The fourth-order valence-electron chi connectivity index (χ4n) is 2.83. The topological polar surface area (TPSA) is 34.9 Å². The summed E-state index contributed by atoms with van der Waals surface area (Å²) < 4.78 is 1.57. The number of aromatic nitrogens is 2. The van der Waals surface area contributed by atoms with Crippen LogP contribution in [0.1, 0.15) is 5.56 Å². The first-order valence-electron chi connectivity index (χ1n) is 8.47. The van der Waals surface area contributed by atoms with Crippen molar-refractivity contribution in [1.29, 1.82) is 0 Å². The molecule has 0 saturated heterocycles. The summed E-state index contributed by atoms with van der Waals surface area (Å²) in [6, 6.07) is 17.4. The maximum Gasteiger partial charge on any atom is 0.266 e. The normalized spacial score (nSPS) is 11.2. The van der Waals surface area contributed by atoms with Crippen LogP contribution in [0, 0.1) is 0 Å². The zero-order valence-electron chi connectivity index (χ0n) is 14.7. The number of hydrogen-bond acceptors (Lipinski definition) is 3. The second kappa shape index (κ2) is 8.58. The van der Waals surface area contributed by atoms with Gasteiger partial charge in [-0.2, -0.15) is 0 Å². The van der Waals surface area contributed by atoms with Crippen LogP contribution in [0.25, 0.3) is 16.6 Å². The minimum atomic E-state index is -0.182. The molecule has 146 valence electrons. The molecule has 0 aliphatic heterocycles. The Morgan fingerprint density at radius 3 is 2.21 bits per heavy atom. The Morgan fingerprint density at radius 2 is 1.48 bits per heavy atom. The van der Waals surface area contributed by atoms with Crippen LogP contribution in [0.15, 0.2) is 70.6 Å². The van der Waals surface area contributed by atoms with Crippen molar-refractivity contribution >= 4 is 69.1 Å². The molecule has 0 bridgehead atoms. The molecular weight excluding hydrogens is 470 g/mol. The summed E-state index contributed by atoms with van der Waals surface area (Å²) in [6.07, 6.45) is 0. The molecule has 1 heterocycles. The summed E-state index contributed by atoms with van der Waals surface area (Å²) in [5.74, 6) is 0.516. The Hall–Kier alpha value is -1.69. The molecule has 0 amide bonds. The van der Waals surface area contributed by atoms with Crippen molar-refractivity contribution in [3.05, 3.63) is 96.7 Å². The van der Waals surface area contributed by atoms with E-state index in [2.05, 4.69) is 0 Å². The van der Waals surface area contributed by atoms with E-state index in [1.165, 1.54) is 11.8 Å². The third-order valence-corrected chi connectivity index (χ3v) is 6.32. The Balaban J connectivity index is 1.84. The van der Waals surface area contributed by atoms with Crippen LogP contribution in [0.2, 0.25) is 20.1 Å². The van der Waals surface area contributed by atoms with Gasteiger partial charge in [-0.15, -0.1) is 0 Å². The molecule has 1 aromatic heterocycles. The zero-order valence-corrected chi connectivity index (χ0v) is 18.5. The van der Waals surface area contributed by atoms with Crippen LogP contribution in [-0.2, 0) is 5.75 Å². The molecule has 0 spiro atoms.